The van der Waals surface area contributed by atoms with Gasteiger partial charge in [0.25, 0.3) is 0 Å². The third-order valence-corrected chi connectivity index (χ3v) is 0.454. The van der Waals surface area contributed by atoms with Crippen molar-refractivity contribution in [2.75, 3.05) is 0 Å². The molecule has 0 spiro atoms. The molecule has 0 saturated heterocycles. The molecule has 0 bridgehead atoms. The van der Waals surface area contributed by atoms with E-state index in [1.807, 2.05) is 0 Å². The molecule has 0 aliphatic carbocycles. The summed E-state index contributed by atoms with van der Waals surface area (Å²) in [6.07, 6.45) is 0.850. The maximum Gasteiger partial charge on any atom is 0.0587 e. The largest absolute Gasteiger partial charge is 0.550 e. The highest BCUT2D eigenvalue weighted by molar-refractivity contribution is 5.63. The summed E-state index contributed by atoms with van der Waals surface area (Å²) < 4.78 is 0. The molecule has 0 aromatic rings. The first-order valence-corrected chi connectivity index (χ1v) is 2.69. The van der Waals surface area contributed by atoms with Crippen molar-refractivity contribution in [1.82, 2.24) is 0 Å². The lowest BCUT2D eigenvalue weighted by molar-refractivity contribution is -0.305. The first-order chi connectivity index (χ1) is 4.18. The lowest BCUT2D eigenvalue weighted by Crippen LogP contribution is -2.20. The summed E-state index contributed by atoms with van der Waals surface area (Å²) in [4.78, 5) is 9.49. The van der Waals surface area contributed by atoms with E-state index < -0.39 is 5.97 Å². The average molecular weight is 128 g/mol. The second-order valence-electron chi connectivity index (χ2n) is 1.35. The molecule has 0 amide bonds. The Kier molecular flexibility index (Phi) is 12.1. The third kappa shape index (κ3) is 44.6. The average Bonchev–Trinajstić information content (AvgIpc) is 1.67. The van der Waals surface area contributed by atoms with Crippen LogP contribution in [0.5, 0.6) is 0 Å². The van der Waals surface area contributed by atoms with Crippen LogP contribution in [0.1, 0.15) is 26.7 Å². The minimum Gasteiger partial charge on any atom is -0.550 e. The zero-order chi connectivity index (χ0) is 7.70. The molecule has 0 N–H and O–H groups in total. The minimum absolute atomic E-state index is 0.181. The molecule has 0 fully saturated rings. The van der Waals surface area contributed by atoms with Gasteiger partial charge in [0, 0.05) is 12.9 Å². The second kappa shape index (κ2) is 10.0. The Morgan fingerprint density at radius 2 is 2.11 bits per heavy atom. The van der Waals surface area contributed by atoms with Crippen LogP contribution in [0.4, 0.5) is 0 Å². The number of hydrogen-bond donors (Lipinski definition) is 0. The molecular weight excluding hydrogens is 118 g/mol. The van der Waals surface area contributed by atoms with Crippen LogP contribution < -0.4 is 5.11 Å². The number of carbonyl (C=O) groups excluding carboxylic acids is 1. The van der Waals surface area contributed by atoms with Crippen molar-refractivity contribution < 1.29 is 9.90 Å². The quantitative estimate of drug-likeness (QED) is 0.528. The SMILES string of the molecule is CC#N.CCCC(=O)[O-]. The Bertz CT molecular complexity index is 104. The van der Waals surface area contributed by atoms with Gasteiger partial charge in [-0.2, -0.15) is 5.26 Å². The van der Waals surface area contributed by atoms with Gasteiger partial charge in [0.05, 0.1) is 6.07 Å². The maximum absolute atomic E-state index is 9.49. The number of carbonyl (C=O) groups is 1. The van der Waals surface area contributed by atoms with Crippen LogP contribution in [-0.2, 0) is 4.79 Å². The molecule has 0 rings (SSSR count). The first kappa shape index (κ1) is 10.9. The molecule has 9 heavy (non-hydrogen) atoms. The van der Waals surface area contributed by atoms with Crippen molar-refractivity contribution in [1.29, 1.82) is 5.26 Å². The molecule has 0 saturated carbocycles. The van der Waals surface area contributed by atoms with Crippen LogP contribution in [0, 0.1) is 11.3 Å². The highest BCUT2D eigenvalue weighted by atomic mass is 16.4. The number of rotatable bonds is 2. The van der Waals surface area contributed by atoms with Crippen molar-refractivity contribution in [2.45, 2.75) is 26.7 Å². The van der Waals surface area contributed by atoms with Gasteiger partial charge in [-0.1, -0.05) is 13.3 Å². The summed E-state index contributed by atoms with van der Waals surface area (Å²) in [6, 6.07) is 1.75. The van der Waals surface area contributed by atoms with E-state index >= 15 is 0 Å². The predicted octanol–water partition coefficient (Wildman–Crippen LogP) is 0.0663. The van der Waals surface area contributed by atoms with E-state index in [-0.39, 0.29) is 6.42 Å². The molecule has 0 heterocycles. The van der Waals surface area contributed by atoms with Crippen LogP contribution in [0.15, 0.2) is 0 Å². The van der Waals surface area contributed by atoms with Crippen LogP contribution in [0.3, 0.4) is 0 Å². The molecule has 0 aromatic heterocycles. The molecular formula is C6H10NO2-. The van der Waals surface area contributed by atoms with Gasteiger partial charge in [-0.25, -0.2) is 0 Å². The van der Waals surface area contributed by atoms with Crippen LogP contribution in [0.25, 0.3) is 0 Å². The third-order valence-electron chi connectivity index (χ3n) is 0.454. The molecule has 3 heteroatoms. The van der Waals surface area contributed by atoms with Gasteiger partial charge in [0.15, 0.2) is 0 Å². The summed E-state index contributed by atoms with van der Waals surface area (Å²) in [7, 11) is 0. The van der Waals surface area contributed by atoms with Crippen LogP contribution in [-0.4, -0.2) is 5.97 Å². The zero-order valence-corrected chi connectivity index (χ0v) is 5.68. The van der Waals surface area contributed by atoms with Gasteiger partial charge in [-0.3, -0.25) is 0 Å². The van der Waals surface area contributed by atoms with E-state index in [1.165, 1.54) is 6.92 Å². The molecule has 0 atom stereocenters. The standard InChI is InChI=1S/C4H8O2.C2H3N/c1-2-3-4(5)6;1-2-3/h2-3H2,1H3,(H,5,6);1H3/p-1. The monoisotopic (exact) mass is 128 g/mol. The Balaban J connectivity index is 0. The fourth-order valence-electron chi connectivity index (χ4n) is 0.204. The molecule has 0 unspecified atom stereocenters. The molecule has 0 radical (unpaired) electrons. The molecule has 0 aromatic carbocycles. The number of carboxylic acids is 1. The smallest absolute Gasteiger partial charge is 0.0587 e. The van der Waals surface area contributed by atoms with Gasteiger partial charge in [0.2, 0.25) is 0 Å². The van der Waals surface area contributed by atoms with Crippen molar-refractivity contribution >= 4 is 5.97 Å². The molecule has 3 nitrogen and oxygen atoms in total. The highest BCUT2D eigenvalue weighted by Gasteiger charge is 1.75. The fraction of sp³-hybridized carbons (Fsp3) is 0.667. The topological polar surface area (TPSA) is 63.9 Å². The van der Waals surface area contributed by atoms with Crippen LogP contribution >= 0.6 is 0 Å². The number of nitrogens with zero attached hydrogens (tertiary/aromatic N) is 1. The summed E-state index contributed by atoms with van der Waals surface area (Å²) in [5.41, 5.74) is 0. The predicted molar refractivity (Wildman–Crippen MR) is 31.2 cm³/mol. The van der Waals surface area contributed by atoms with Gasteiger partial charge < -0.3 is 9.90 Å². The van der Waals surface area contributed by atoms with Gasteiger partial charge in [0.1, 0.15) is 0 Å². The number of carboxylic acid groups (broad SMARTS) is 1. The first-order valence-electron chi connectivity index (χ1n) is 2.69. The Morgan fingerprint density at radius 3 is 2.11 bits per heavy atom. The van der Waals surface area contributed by atoms with Crippen molar-refractivity contribution in [3.63, 3.8) is 0 Å². The van der Waals surface area contributed by atoms with E-state index in [2.05, 4.69) is 0 Å². The number of nitriles is 1. The Hall–Kier alpha value is -1.04. The van der Waals surface area contributed by atoms with E-state index in [1.54, 1.807) is 13.0 Å². The van der Waals surface area contributed by atoms with Gasteiger partial charge in [-0.05, 0) is 6.42 Å². The fourth-order valence-corrected chi connectivity index (χ4v) is 0.204. The number of aliphatic carboxylic acids is 1. The van der Waals surface area contributed by atoms with Gasteiger partial charge >= 0.3 is 0 Å². The lowest BCUT2D eigenvalue weighted by Gasteiger charge is -1.92. The van der Waals surface area contributed by atoms with Crippen LogP contribution in [0.2, 0.25) is 0 Å². The lowest BCUT2D eigenvalue weighted by atomic mass is 10.4. The highest BCUT2D eigenvalue weighted by Crippen LogP contribution is 1.79. The zero-order valence-electron chi connectivity index (χ0n) is 5.68. The normalized spacial score (nSPS) is 6.33. The van der Waals surface area contributed by atoms with Crippen molar-refractivity contribution in [3.8, 4) is 6.07 Å². The summed E-state index contributed by atoms with van der Waals surface area (Å²) in [6.45, 7) is 3.23. The Labute approximate surface area is 54.9 Å². The molecule has 52 valence electrons. The molecule has 0 aliphatic rings. The van der Waals surface area contributed by atoms with E-state index in [9.17, 15) is 9.90 Å². The van der Waals surface area contributed by atoms with Gasteiger partial charge in [-0.15, -0.1) is 0 Å². The van der Waals surface area contributed by atoms with E-state index in [0.717, 1.165) is 0 Å². The summed E-state index contributed by atoms with van der Waals surface area (Å²) in [5, 5.41) is 16.8. The van der Waals surface area contributed by atoms with Crippen molar-refractivity contribution in [3.05, 3.63) is 0 Å². The molecule has 0 aliphatic heterocycles. The minimum atomic E-state index is -0.961. The second-order valence-corrected chi connectivity index (χ2v) is 1.35. The Morgan fingerprint density at radius 1 is 1.78 bits per heavy atom. The maximum atomic E-state index is 9.49. The van der Waals surface area contributed by atoms with E-state index in [0.29, 0.717) is 6.42 Å². The summed E-state index contributed by atoms with van der Waals surface area (Å²) in [5.74, 6) is -0.961. The van der Waals surface area contributed by atoms with E-state index in [4.69, 9.17) is 5.26 Å². The number of hydrogen-bond acceptors (Lipinski definition) is 3. The summed E-state index contributed by atoms with van der Waals surface area (Å²) >= 11 is 0. The van der Waals surface area contributed by atoms with Crippen molar-refractivity contribution in [2.24, 2.45) is 0 Å².